The Labute approximate surface area is 601 Å². The number of aliphatic hydroxyl groups excluding tert-OH is 1. The second kappa shape index (κ2) is 31.3. The van der Waals surface area contributed by atoms with Crippen LogP contribution in [0.25, 0.3) is 32.6 Å². The Morgan fingerprint density at radius 1 is 0.854 bits per heavy atom. The quantitative estimate of drug-likeness (QED) is 0.0145. The number of benzene rings is 3. The molecular weight excluding hydrogens is 1360 g/mol. The lowest BCUT2D eigenvalue weighted by atomic mass is 9.39. The number of hydrogen-bond acceptors (Lipinski definition) is 17. The minimum Gasteiger partial charge on any atom is -0.476 e. The number of aromatic carboxylic acids is 1. The van der Waals surface area contributed by atoms with Crippen LogP contribution in [0.2, 0.25) is 0 Å². The number of para-hydroxylation sites is 1. The van der Waals surface area contributed by atoms with E-state index in [1.807, 2.05) is 54.1 Å². The van der Waals surface area contributed by atoms with E-state index in [0.717, 1.165) is 72.1 Å². The monoisotopic (exact) mass is 1450 g/mol. The molecule has 0 radical (unpaired) electrons. The molecule has 6 aliphatic rings. The van der Waals surface area contributed by atoms with Crippen LogP contribution in [0.15, 0.2) is 97.2 Å². The molecular formula is C73H91N13O15S2. The van der Waals surface area contributed by atoms with Gasteiger partial charge in [-0.25, -0.2) is 29.1 Å². The summed E-state index contributed by atoms with van der Waals surface area (Å²) in [6.45, 7) is 10.8. The maximum atomic E-state index is 13.9. The molecule has 4 fully saturated rings. The lowest BCUT2D eigenvalue weighted by molar-refractivity contribution is -0.248. The van der Waals surface area contributed by atoms with E-state index >= 15 is 0 Å². The van der Waals surface area contributed by atoms with E-state index in [1.54, 1.807) is 61.3 Å². The number of nitrogens with two attached hydrogens (primary N) is 1. The Hall–Kier alpha value is -9.36. The summed E-state index contributed by atoms with van der Waals surface area (Å²) >= 11 is 1.40. The van der Waals surface area contributed by atoms with Crippen molar-refractivity contribution in [2.45, 2.75) is 162 Å². The van der Waals surface area contributed by atoms with Crippen molar-refractivity contribution < 1.29 is 71.0 Å². The van der Waals surface area contributed by atoms with Gasteiger partial charge in [-0.05, 0) is 166 Å². The predicted molar refractivity (Wildman–Crippen MR) is 386 cm³/mol. The van der Waals surface area contributed by atoms with Crippen LogP contribution in [0, 0.1) is 29.1 Å². The number of thiazole rings is 1. The van der Waals surface area contributed by atoms with Gasteiger partial charge in [0.1, 0.15) is 24.9 Å². The molecule has 5 heterocycles. The van der Waals surface area contributed by atoms with Crippen molar-refractivity contribution in [3.05, 3.63) is 120 Å². The zero-order valence-corrected chi connectivity index (χ0v) is 60.2. The van der Waals surface area contributed by atoms with Gasteiger partial charge in [0, 0.05) is 85.5 Å². The predicted octanol–water partition coefficient (Wildman–Crippen LogP) is 9.17. The first-order chi connectivity index (χ1) is 49.0. The zero-order valence-electron chi connectivity index (χ0n) is 58.6. The molecule has 3 unspecified atom stereocenters. The minimum atomic E-state index is -4.51. The molecule has 3 aromatic carbocycles. The number of unbranched alkanes of at least 4 members (excludes halogenated alkanes) is 2. The molecule has 2 aliphatic heterocycles. The van der Waals surface area contributed by atoms with E-state index in [2.05, 4.69) is 45.4 Å². The van der Waals surface area contributed by atoms with Gasteiger partial charge >= 0.3 is 24.1 Å². The van der Waals surface area contributed by atoms with E-state index in [1.165, 1.54) is 33.3 Å². The maximum absolute atomic E-state index is 13.9. The summed E-state index contributed by atoms with van der Waals surface area (Å²) in [5, 5.41) is 39.9. The summed E-state index contributed by atoms with van der Waals surface area (Å²) in [6.07, 6.45) is 11.1. The van der Waals surface area contributed by atoms with Crippen molar-refractivity contribution in [3.63, 3.8) is 0 Å². The molecule has 6 aromatic rings. The van der Waals surface area contributed by atoms with Gasteiger partial charge in [-0.2, -0.15) is 13.5 Å². The second-order valence-corrected chi connectivity index (χ2v) is 31.9. The fourth-order valence-corrected chi connectivity index (χ4v) is 18.0. The number of fused-ring (bicyclic) bond motifs is 2. The van der Waals surface area contributed by atoms with Crippen LogP contribution in [0.4, 0.5) is 30.9 Å². The number of aliphatic hydroxyl groups is 1. The van der Waals surface area contributed by atoms with Crippen molar-refractivity contribution in [2.75, 3.05) is 60.6 Å². The zero-order chi connectivity index (χ0) is 73.6. The Bertz CT molecular complexity index is 4300. The third kappa shape index (κ3) is 18.4. The molecule has 550 valence electrons. The van der Waals surface area contributed by atoms with Gasteiger partial charge in [0.05, 0.1) is 40.1 Å². The number of aromatic nitrogens is 4. The average molecular weight is 1450 g/mol. The van der Waals surface area contributed by atoms with Crippen molar-refractivity contribution in [2.24, 2.45) is 27.9 Å². The first-order valence-electron chi connectivity index (χ1n) is 35.0. The second-order valence-electron chi connectivity index (χ2n) is 29.3. The molecule has 3 aromatic heterocycles. The van der Waals surface area contributed by atoms with Crippen molar-refractivity contribution in [1.29, 1.82) is 0 Å². The van der Waals surface area contributed by atoms with E-state index in [4.69, 9.17) is 25.3 Å². The highest BCUT2D eigenvalue weighted by molar-refractivity contribution is 7.85. The Kier molecular flexibility index (Phi) is 22.7. The normalized spacial score (nSPS) is 21.6. The molecule has 10 N–H and O–H groups in total. The molecule has 0 saturated heterocycles. The van der Waals surface area contributed by atoms with Gasteiger partial charge < -0.3 is 56.5 Å². The summed E-state index contributed by atoms with van der Waals surface area (Å²) in [6, 6.07) is 20.1. The highest BCUT2D eigenvalue weighted by Gasteiger charge is 2.66. The summed E-state index contributed by atoms with van der Waals surface area (Å²) in [5.41, 5.74) is 10.2. The molecule has 9 amide bonds. The van der Waals surface area contributed by atoms with Gasteiger partial charge in [0.25, 0.3) is 10.1 Å². The summed E-state index contributed by atoms with van der Waals surface area (Å²) in [5.74, 6) is -4.19. The summed E-state index contributed by atoms with van der Waals surface area (Å²) in [4.78, 5) is 119. The number of hydrogen-bond donors (Lipinski definition) is 9. The Morgan fingerprint density at radius 2 is 1.61 bits per heavy atom. The number of pyridine rings is 1. The summed E-state index contributed by atoms with van der Waals surface area (Å²) in [7, 11) is -4.51. The van der Waals surface area contributed by atoms with Crippen molar-refractivity contribution in [1.82, 2.24) is 45.5 Å². The smallest absolute Gasteiger partial charge is 0.410 e. The van der Waals surface area contributed by atoms with E-state index in [0.29, 0.717) is 84.1 Å². The number of carbonyl (C=O) groups is 8. The summed E-state index contributed by atoms with van der Waals surface area (Å²) < 4.78 is 49.7. The fourth-order valence-electron chi connectivity index (χ4n) is 16.7. The molecule has 12 rings (SSSR count). The first kappa shape index (κ1) is 74.8. The van der Waals surface area contributed by atoms with E-state index in [9.17, 15) is 61.5 Å². The standard InChI is InChI=1S/C73H91N13O15S2/c1-45(2)61(81-58(87)17-7-6-10-29-85-59(88)26-27-60(85)89)64(91)79-55(15-11-28-75-66(74)94)63(90)77-50-22-18-47(19-23-50)37-100-69(96)83(32-34-103(97,98)99)31-33-101-73-41-70(4)38-71(5,42-73)40-72(39-70,43-73)44-86-46(3)52(36-76-86)51-24-25-53(78-62(51)65(92)93)49-21-20-48-13-12-30-84(56(48)35-49)68(95)82-67-80-54-14-8-9-16-57(54)102-67/h8-9,14,16,18-27,35-36,45,55,59,61,88H,6-7,10-13,15,17,28-34,37-44H2,1-5H3,(H,77,90)(H,79,91)(H,81,87)(H,92,93)(H3,74,75,94)(H,80,82,95)(H,97,98,99)/t55-,59?,61-,70?,71?,72?,73?/m0/s1. The van der Waals surface area contributed by atoms with Gasteiger partial charge in [0.15, 0.2) is 10.8 Å². The molecule has 30 heteroatoms. The van der Waals surface area contributed by atoms with Gasteiger partial charge in [-0.1, -0.05) is 81.9 Å². The highest BCUT2D eigenvalue weighted by Crippen LogP contribution is 2.72. The van der Waals surface area contributed by atoms with Gasteiger partial charge in [0.2, 0.25) is 23.6 Å². The molecule has 4 bridgehead atoms. The number of primary amides is 1. The van der Waals surface area contributed by atoms with Crippen molar-refractivity contribution in [3.8, 4) is 22.4 Å². The third-order valence-electron chi connectivity index (χ3n) is 20.3. The number of nitrogens with zero attached hydrogens (tertiary/aromatic N) is 7. The van der Waals surface area contributed by atoms with Crippen LogP contribution in [-0.4, -0.2) is 169 Å². The Balaban J connectivity index is 0.702. The van der Waals surface area contributed by atoms with Crippen molar-refractivity contribution >= 4 is 95.9 Å². The van der Waals surface area contributed by atoms with Crippen LogP contribution in [-0.2, 0) is 58.3 Å². The topological polar surface area (TPSA) is 389 Å². The number of anilines is 3. The number of ether oxygens (including phenoxy) is 2. The number of urea groups is 2. The third-order valence-corrected chi connectivity index (χ3v) is 21.9. The van der Waals surface area contributed by atoms with Crippen LogP contribution in [0.5, 0.6) is 0 Å². The van der Waals surface area contributed by atoms with Crippen LogP contribution < -0.4 is 37.2 Å². The number of aryl methyl sites for hydroxylation is 1. The number of carboxylic acids is 1. The molecule has 0 spiro atoms. The largest absolute Gasteiger partial charge is 0.476 e. The lowest BCUT2D eigenvalue weighted by Crippen LogP contribution is -2.64. The van der Waals surface area contributed by atoms with Crippen LogP contribution in [0.1, 0.15) is 138 Å². The van der Waals surface area contributed by atoms with E-state index < -0.39 is 76.2 Å². The van der Waals surface area contributed by atoms with Gasteiger partial charge in [-0.3, -0.25) is 38.6 Å². The number of rotatable bonds is 31. The van der Waals surface area contributed by atoms with Crippen LogP contribution in [0.3, 0.4) is 0 Å². The SMILES string of the molecule is Cc1c(-c2ccc(-c3ccc4c(c3)N(C(=O)Nc3nc5ccccc5s3)CCC4)nc2C(=O)O)cnn1CC12CC3(C)CC(C)(C1)CC(OCCN(CCS(=O)(=O)O)C(=O)OCc1ccc(NC(=O)[C@H](CCCNC(N)=O)NC(=O)[C@@H](NC(=O)CCCCCN4C(=O)C=CC4O)C(C)C)cc1)(C3)C2. The first-order valence-corrected chi connectivity index (χ1v) is 37.4. The van der Waals surface area contributed by atoms with Crippen LogP contribution >= 0.6 is 11.3 Å². The Morgan fingerprint density at radius 3 is 2.31 bits per heavy atom. The average Bonchev–Trinajstić information content (AvgIpc) is 0.978. The molecule has 103 heavy (non-hydrogen) atoms. The van der Waals surface area contributed by atoms with Gasteiger partial charge in [-0.15, -0.1) is 0 Å². The fraction of sp³-hybridized carbons (Fsp3) is 0.493. The minimum absolute atomic E-state index is 0.0276. The number of carboxylic acid groups (broad SMARTS) is 1. The number of nitrogens with one attached hydrogen (secondary N) is 5. The van der Waals surface area contributed by atoms with E-state index in [-0.39, 0.29) is 91.3 Å². The maximum Gasteiger partial charge on any atom is 0.410 e. The molecule has 4 aliphatic carbocycles. The molecule has 5 atom stereocenters. The highest BCUT2D eigenvalue weighted by atomic mass is 32.2. The number of carbonyl (C=O) groups excluding carboxylic acids is 7. The molecule has 28 nitrogen and oxygen atoms in total. The number of amides is 9. The molecule has 4 saturated carbocycles. The lowest BCUT2D eigenvalue weighted by Gasteiger charge is -2.69.